The molecule has 6 nitrogen and oxygen atoms in total. The highest BCUT2D eigenvalue weighted by atomic mass is 32.2. The molecule has 0 aliphatic rings. The van der Waals surface area contributed by atoms with Crippen LogP contribution in [0.3, 0.4) is 0 Å². The van der Waals surface area contributed by atoms with E-state index >= 15 is 0 Å². The van der Waals surface area contributed by atoms with Crippen molar-refractivity contribution in [2.24, 2.45) is 5.92 Å². The topological polar surface area (TPSA) is 84.2 Å². The first-order valence-corrected chi connectivity index (χ1v) is 8.32. The minimum Gasteiger partial charge on any atom is -0.396 e. The van der Waals surface area contributed by atoms with E-state index in [1.165, 1.54) is 29.2 Å². The molecule has 1 atom stereocenters. The number of hydrogen-bond donors (Lipinski definition) is 2. The Hall–Kier alpha value is -1.77. The van der Waals surface area contributed by atoms with Gasteiger partial charge in [0.2, 0.25) is 10.0 Å². The zero-order valence-corrected chi connectivity index (χ0v) is 12.9. The largest absolute Gasteiger partial charge is 0.396 e. The molecule has 0 saturated carbocycles. The maximum atomic E-state index is 13.7. The van der Waals surface area contributed by atoms with Gasteiger partial charge in [-0.3, -0.25) is 0 Å². The van der Waals surface area contributed by atoms with Crippen molar-refractivity contribution < 1.29 is 17.9 Å². The molecule has 0 radical (unpaired) electrons. The summed E-state index contributed by atoms with van der Waals surface area (Å²) in [7, 11) is -3.71. The van der Waals surface area contributed by atoms with Crippen LogP contribution in [0.5, 0.6) is 0 Å². The standard InChI is InChI=1S/C14H18FN3O3S/c1-11(6-7-19)8-17-22(20,21)12-9-16-18(10-12)14-5-3-2-4-13(14)15/h2-5,9-11,17,19H,6-8H2,1H3. The monoisotopic (exact) mass is 327 g/mol. The lowest BCUT2D eigenvalue weighted by molar-refractivity contribution is 0.263. The molecule has 22 heavy (non-hydrogen) atoms. The molecule has 0 saturated heterocycles. The van der Waals surface area contributed by atoms with Crippen LogP contribution >= 0.6 is 0 Å². The van der Waals surface area contributed by atoms with E-state index in [0.29, 0.717) is 6.42 Å². The molecule has 0 bridgehead atoms. The molecule has 120 valence electrons. The predicted octanol–water partition coefficient (Wildman–Crippen LogP) is 1.31. The molecule has 0 amide bonds. The molecule has 0 spiro atoms. The molecule has 0 aliphatic heterocycles. The number of rotatable bonds is 7. The van der Waals surface area contributed by atoms with Gasteiger partial charge in [-0.1, -0.05) is 19.1 Å². The average Bonchev–Trinajstić information content (AvgIpc) is 2.97. The fourth-order valence-corrected chi connectivity index (χ4v) is 2.97. The molecule has 8 heteroatoms. The van der Waals surface area contributed by atoms with E-state index < -0.39 is 15.8 Å². The van der Waals surface area contributed by atoms with Crippen molar-refractivity contribution in [1.29, 1.82) is 0 Å². The first kappa shape index (κ1) is 16.6. The summed E-state index contributed by atoms with van der Waals surface area (Å²) in [6, 6.07) is 5.97. The molecule has 0 aliphatic carbocycles. The molecular weight excluding hydrogens is 309 g/mol. The Morgan fingerprint density at radius 1 is 1.41 bits per heavy atom. The fraction of sp³-hybridized carbons (Fsp3) is 0.357. The van der Waals surface area contributed by atoms with Crippen LogP contribution in [0.15, 0.2) is 41.6 Å². The summed E-state index contributed by atoms with van der Waals surface area (Å²) in [5, 5.41) is 12.7. The summed E-state index contributed by atoms with van der Waals surface area (Å²) in [4.78, 5) is -0.0352. The van der Waals surface area contributed by atoms with Gasteiger partial charge in [-0.2, -0.15) is 5.10 Å². The van der Waals surface area contributed by atoms with Crippen LogP contribution in [-0.2, 0) is 10.0 Å². The van der Waals surface area contributed by atoms with E-state index in [-0.39, 0.29) is 29.7 Å². The molecule has 1 aromatic carbocycles. The summed E-state index contributed by atoms with van der Waals surface area (Å²) in [6.45, 7) is 2.06. The first-order chi connectivity index (χ1) is 10.4. The quantitative estimate of drug-likeness (QED) is 0.803. The Kier molecular flexibility index (Phi) is 5.28. The van der Waals surface area contributed by atoms with Crippen LogP contribution in [-0.4, -0.2) is 36.5 Å². The number of aliphatic hydroxyl groups is 1. The number of para-hydroxylation sites is 1. The van der Waals surface area contributed by atoms with Crippen LogP contribution in [0.4, 0.5) is 4.39 Å². The van der Waals surface area contributed by atoms with E-state index in [9.17, 15) is 12.8 Å². The number of halogens is 1. The van der Waals surface area contributed by atoms with Crippen molar-refractivity contribution in [2.75, 3.05) is 13.2 Å². The zero-order chi connectivity index (χ0) is 16.2. The number of sulfonamides is 1. The number of nitrogens with one attached hydrogen (secondary N) is 1. The van der Waals surface area contributed by atoms with Gasteiger partial charge in [0.25, 0.3) is 0 Å². The maximum absolute atomic E-state index is 13.7. The van der Waals surface area contributed by atoms with Gasteiger partial charge in [0.1, 0.15) is 16.4 Å². The van der Waals surface area contributed by atoms with Gasteiger partial charge in [-0.25, -0.2) is 22.2 Å². The lowest BCUT2D eigenvalue weighted by Gasteiger charge is -2.10. The third-order valence-electron chi connectivity index (χ3n) is 3.21. The van der Waals surface area contributed by atoms with Crippen molar-refractivity contribution in [3.63, 3.8) is 0 Å². The van der Waals surface area contributed by atoms with Gasteiger partial charge >= 0.3 is 0 Å². The molecule has 0 fully saturated rings. The van der Waals surface area contributed by atoms with E-state index in [4.69, 9.17) is 5.11 Å². The zero-order valence-electron chi connectivity index (χ0n) is 12.1. The maximum Gasteiger partial charge on any atom is 0.243 e. The average molecular weight is 327 g/mol. The highest BCUT2D eigenvalue weighted by Crippen LogP contribution is 2.15. The fourth-order valence-electron chi connectivity index (χ4n) is 1.87. The number of nitrogens with zero attached hydrogens (tertiary/aromatic N) is 2. The van der Waals surface area contributed by atoms with Crippen LogP contribution in [0, 0.1) is 11.7 Å². The van der Waals surface area contributed by atoms with Crippen molar-refractivity contribution in [2.45, 2.75) is 18.2 Å². The van der Waals surface area contributed by atoms with E-state index in [1.54, 1.807) is 12.1 Å². The third kappa shape index (κ3) is 3.90. The van der Waals surface area contributed by atoms with Gasteiger partial charge in [0, 0.05) is 13.2 Å². The SMILES string of the molecule is CC(CCO)CNS(=O)(=O)c1cnn(-c2ccccc2F)c1. The van der Waals surface area contributed by atoms with Gasteiger partial charge in [-0.05, 0) is 24.5 Å². The number of aromatic nitrogens is 2. The van der Waals surface area contributed by atoms with Gasteiger partial charge < -0.3 is 5.11 Å². The molecule has 1 aromatic heterocycles. The Balaban J connectivity index is 2.15. The van der Waals surface area contributed by atoms with E-state index in [0.717, 1.165) is 0 Å². The number of aliphatic hydroxyl groups excluding tert-OH is 1. The highest BCUT2D eigenvalue weighted by molar-refractivity contribution is 7.89. The first-order valence-electron chi connectivity index (χ1n) is 6.84. The van der Waals surface area contributed by atoms with Crippen LogP contribution in [0.25, 0.3) is 5.69 Å². The lowest BCUT2D eigenvalue weighted by atomic mass is 10.1. The molecular formula is C14H18FN3O3S. The summed E-state index contributed by atoms with van der Waals surface area (Å²) < 4.78 is 41.6. The lowest BCUT2D eigenvalue weighted by Crippen LogP contribution is -2.28. The Bertz CT molecular complexity index is 730. The summed E-state index contributed by atoms with van der Waals surface area (Å²) in [6.07, 6.45) is 2.94. The molecule has 2 aromatic rings. The number of hydrogen-bond acceptors (Lipinski definition) is 4. The third-order valence-corrected chi connectivity index (χ3v) is 4.59. The Morgan fingerprint density at radius 2 is 2.14 bits per heavy atom. The summed E-state index contributed by atoms with van der Waals surface area (Å²) in [5.41, 5.74) is 0.178. The van der Waals surface area contributed by atoms with Gasteiger partial charge in [-0.15, -0.1) is 0 Å². The molecule has 1 heterocycles. The van der Waals surface area contributed by atoms with Crippen LogP contribution < -0.4 is 4.72 Å². The van der Waals surface area contributed by atoms with Crippen molar-refractivity contribution in [3.05, 3.63) is 42.5 Å². The summed E-state index contributed by atoms with van der Waals surface area (Å²) in [5.74, 6) is -0.472. The predicted molar refractivity (Wildman–Crippen MR) is 79.6 cm³/mol. The van der Waals surface area contributed by atoms with Crippen molar-refractivity contribution in [3.8, 4) is 5.69 Å². The van der Waals surface area contributed by atoms with Crippen molar-refractivity contribution >= 4 is 10.0 Å². The van der Waals surface area contributed by atoms with Crippen LogP contribution in [0.2, 0.25) is 0 Å². The van der Waals surface area contributed by atoms with Crippen molar-refractivity contribution in [1.82, 2.24) is 14.5 Å². The minimum atomic E-state index is -3.71. The Morgan fingerprint density at radius 3 is 2.82 bits per heavy atom. The van der Waals surface area contributed by atoms with E-state index in [1.807, 2.05) is 6.92 Å². The van der Waals surface area contributed by atoms with Gasteiger partial charge in [0.05, 0.1) is 12.4 Å². The summed E-state index contributed by atoms with van der Waals surface area (Å²) >= 11 is 0. The molecule has 1 unspecified atom stereocenters. The molecule has 2 N–H and O–H groups in total. The van der Waals surface area contributed by atoms with Gasteiger partial charge in [0.15, 0.2) is 0 Å². The highest BCUT2D eigenvalue weighted by Gasteiger charge is 2.18. The van der Waals surface area contributed by atoms with E-state index in [2.05, 4.69) is 9.82 Å². The number of benzene rings is 1. The minimum absolute atomic E-state index is 0.00805. The normalized spacial score (nSPS) is 13.2. The molecule has 2 rings (SSSR count). The smallest absolute Gasteiger partial charge is 0.243 e. The second-order valence-corrected chi connectivity index (χ2v) is 6.81. The second kappa shape index (κ2) is 6.99. The Labute approximate surface area is 128 Å². The van der Waals surface area contributed by atoms with Crippen LogP contribution in [0.1, 0.15) is 13.3 Å². The second-order valence-electron chi connectivity index (χ2n) is 5.04.